The molecule has 2 unspecified atom stereocenters. The van der Waals surface area contributed by atoms with Gasteiger partial charge in [-0.05, 0) is 116 Å². The van der Waals surface area contributed by atoms with Crippen molar-refractivity contribution in [3.63, 3.8) is 0 Å². The molecule has 2 atom stereocenters. The summed E-state index contributed by atoms with van der Waals surface area (Å²) in [6, 6.07) is -1.39. The van der Waals surface area contributed by atoms with Crippen molar-refractivity contribution in [2.45, 2.75) is 225 Å². The highest BCUT2D eigenvalue weighted by Crippen LogP contribution is 2.18. The molecule has 2 amide bonds. The van der Waals surface area contributed by atoms with Gasteiger partial charge in [-0.1, -0.05) is 182 Å². The Hall–Kier alpha value is -4.24. The van der Waals surface area contributed by atoms with Crippen LogP contribution in [-0.2, 0) is 23.9 Å². The number of amides is 2. The monoisotopic (exact) mass is 919 g/mol. The first kappa shape index (κ1) is 61.8. The zero-order valence-corrected chi connectivity index (χ0v) is 41.7. The van der Waals surface area contributed by atoms with Crippen LogP contribution in [0.15, 0.2) is 97.2 Å². The number of carboxylic acids is 1. The number of carbonyl (C=O) groups is 4. The third-order valence-electron chi connectivity index (χ3n) is 11.1. The number of ether oxygens (including phenoxy) is 1. The van der Waals surface area contributed by atoms with Crippen molar-refractivity contribution >= 4 is 23.8 Å². The quantitative estimate of drug-likeness (QED) is 0.0271. The summed E-state index contributed by atoms with van der Waals surface area (Å²) in [6.45, 7) is 3.36. The van der Waals surface area contributed by atoms with Gasteiger partial charge in [-0.3, -0.25) is 14.4 Å². The second-order valence-corrected chi connectivity index (χ2v) is 17.2. The lowest BCUT2D eigenvalue weighted by molar-refractivity contribution is -0.150. The van der Waals surface area contributed by atoms with Gasteiger partial charge in [0.05, 0.1) is 13.2 Å². The Labute approximate surface area is 402 Å². The fourth-order valence-corrected chi connectivity index (χ4v) is 7.11. The van der Waals surface area contributed by atoms with E-state index in [1.807, 2.05) is 0 Å². The van der Waals surface area contributed by atoms with Gasteiger partial charge in [-0.15, -0.1) is 0 Å². The first-order valence-corrected chi connectivity index (χ1v) is 26.1. The molecule has 4 N–H and O–H groups in total. The number of hydrogen-bond acceptors (Lipinski definition) is 6. The minimum absolute atomic E-state index is 0.0675. The average Bonchev–Trinajstić information content (AvgIpc) is 3.30. The molecule has 9 nitrogen and oxygen atoms in total. The van der Waals surface area contributed by atoms with E-state index in [0.29, 0.717) is 12.8 Å². The molecule has 0 aliphatic rings. The second-order valence-electron chi connectivity index (χ2n) is 17.2. The first-order valence-electron chi connectivity index (χ1n) is 26.1. The zero-order chi connectivity index (χ0) is 48.2. The van der Waals surface area contributed by atoms with Crippen molar-refractivity contribution < 1.29 is 34.1 Å². The molecule has 0 aromatic rings. The van der Waals surface area contributed by atoms with Crippen LogP contribution in [0, 0.1) is 0 Å². The van der Waals surface area contributed by atoms with Gasteiger partial charge in [0.2, 0.25) is 11.8 Å². The van der Waals surface area contributed by atoms with Gasteiger partial charge in [-0.25, -0.2) is 4.79 Å². The molecule has 0 aliphatic heterocycles. The Morgan fingerprint density at radius 1 is 0.470 bits per heavy atom. The van der Waals surface area contributed by atoms with Crippen LogP contribution in [0.4, 0.5) is 0 Å². The lowest BCUT2D eigenvalue weighted by atomic mass is 10.0. The molecule has 0 saturated carbocycles. The fraction of sp³-hybridized carbons (Fsp3) is 0.649. The first-order chi connectivity index (χ1) is 32.3. The predicted molar refractivity (Wildman–Crippen MR) is 277 cm³/mol. The Balaban J connectivity index is 4.46. The Morgan fingerprint density at radius 2 is 0.879 bits per heavy atom. The van der Waals surface area contributed by atoms with Gasteiger partial charge >= 0.3 is 11.9 Å². The number of unbranched alkanes of at least 4 members (excludes halogenated alkanes) is 16. The van der Waals surface area contributed by atoms with Gasteiger partial charge in [0.1, 0.15) is 12.1 Å². The fourth-order valence-electron chi connectivity index (χ4n) is 7.11. The number of aliphatic hydroxyl groups excluding tert-OH is 1. The van der Waals surface area contributed by atoms with Crippen molar-refractivity contribution in [1.29, 1.82) is 0 Å². The SMILES string of the molecule is CC/C=C\C/C=C\C/C=C\C/C=C\C/C=C\C/C=C\C/C=C\CCCC(=O)OC(CCCCC/C=C\CCCCCCCCCC)CCCCCCCC(=O)NCC(=O)NC(CO)C(=O)O. The van der Waals surface area contributed by atoms with Crippen molar-refractivity contribution in [3.05, 3.63) is 97.2 Å². The smallest absolute Gasteiger partial charge is 0.328 e. The topological polar surface area (TPSA) is 142 Å². The summed E-state index contributed by atoms with van der Waals surface area (Å²) in [5.41, 5.74) is 0. The molecule has 0 saturated heterocycles. The lowest BCUT2D eigenvalue weighted by Crippen LogP contribution is -2.47. The Bertz CT molecular complexity index is 1420. The van der Waals surface area contributed by atoms with Crippen LogP contribution in [-0.4, -0.2) is 59.3 Å². The molecule has 9 heteroatoms. The number of rotatable bonds is 46. The van der Waals surface area contributed by atoms with Crippen LogP contribution in [0.25, 0.3) is 0 Å². The van der Waals surface area contributed by atoms with E-state index < -0.39 is 24.5 Å². The molecule has 0 heterocycles. The van der Waals surface area contributed by atoms with Crippen LogP contribution in [0.3, 0.4) is 0 Å². The molecule has 0 spiro atoms. The van der Waals surface area contributed by atoms with Crippen molar-refractivity contribution in [1.82, 2.24) is 10.6 Å². The molecular formula is C57H94N2O7. The lowest BCUT2D eigenvalue weighted by Gasteiger charge is -2.18. The average molecular weight is 919 g/mol. The summed E-state index contributed by atoms with van der Waals surface area (Å²) in [6.07, 6.45) is 67.3. The zero-order valence-electron chi connectivity index (χ0n) is 41.7. The van der Waals surface area contributed by atoms with E-state index >= 15 is 0 Å². The minimum Gasteiger partial charge on any atom is -0.480 e. The van der Waals surface area contributed by atoms with E-state index in [1.54, 1.807) is 0 Å². The largest absolute Gasteiger partial charge is 0.480 e. The number of carbonyl (C=O) groups excluding carboxylic acids is 3. The van der Waals surface area contributed by atoms with E-state index in [9.17, 15) is 19.2 Å². The van der Waals surface area contributed by atoms with Gasteiger partial charge in [-0.2, -0.15) is 0 Å². The highest BCUT2D eigenvalue weighted by atomic mass is 16.5. The summed E-state index contributed by atoms with van der Waals surface area (Å²) in [7, 11) is 0. The highest BCUT2D eigenvalue weighted by Gasteiger charge is 2.19. The third-order valence-corrected chi connectivity index (χ3v) is 11.1. The van der Waals surface area contributed by atoms with Crippen molar-refractivity contribution in [2.24, 2.45) is 0 Å². The molecule has 66 heavy (non-hydrogen) atoms. The van der Waals surface area contributed by atoms with Crippen LogP contribution >= 0.6 is 0 Å². The van der Waals surface area contributed by atoms with Crippen LogP contribution in [0.1, 0.15) is 213 Å². The van der Waals surface area contributed by atoms with E-state index in [2.05, 4.69) is 122 Å². The number of nitrogens with one attached hydrogen (secondary N) is 2. The third kappa shape index (κ3) is 46.3. The number of allylic oxidation sites excluding steroid dienone is 16. The molecule has 0 bridgehead atoms. The number of esters is 1. The molecular weight excluding hydrogens is 825 g/mol. The maximum atomic E-state index is 12.9. The van der Waals surface area contributed by atoms with Crippen LogP contribution in [0.2, 0.25) is 0 Å². The van der Waals surface area contributed by atoms with Crippen LogP contribution in [0.5, 0.6) is 0 Å². The molecule has 0 radical (unpaired) electrons. The summed E-state index contributed by atoms with van der Waals surface area (Å²) in [4.78, 5) is 47.8. The molecule has 0 fully saturated rings. The van der Waals surface area contributed by atoms with E-state index in [-0.39, 0.29) is 30.9 Å². The van der Waals surface area contributed by atoms with Crippen LogP contribution < -0.4 is 10.6 Å². The summed E-state index contributed by atoms with van der Waals surface area (Å²) >= 11 is 0. The Kier molecular flexibility index (Phi) is 47.0. The maximum Gasteiger partial charge on any atom is 0.328 e. The van der Waals surface area contributed by atoms with E-state index in [0.717, 1.165) is 122 Å². The summed E-state index contributed by atoms with van der Waals surface area (Å²) < 4.78 is 6.03. The van der Waals surface area contributed by atoms with Crippen molar-refractivity contribution in [2.75, 3.05) is 13.2 Å². The normalized spacial score (nSPS) is 13.3. The number of aliphatic hydroxyl groups is 1. The highest BCUT2D eigenvalue weighted by molar-refractivity contribution is 5.87. The number of aliphatic carboxylic acids is 1. The van der Waals surface area contributed by atoms with Gasteiger partial charge in [0.25, 0.3) is 0 Å². The van der Waals surface area contributed by atoms with Gasteiger partial charge in [0.15, 0.2) is 0 Å². The van der Waals surface area contributed by atoms with Gasteiger partial charge < -0.3 is 25.6 Å². The minimum atomic E-state index is -1.39. The molecule has 374 valence electrons. The number of hydrogen-bond donors (Lipinski definition) is 4. The molecule has 0 aliphatic carbocycles. The number of carboxylic acid groups (broad SMARTS) is 1. The molecule has 0 rings (SSSR count). The molecule has 0 aromatic carbocycles. The standard InChI is InChI=1S/C57H94N2O7/c1-3-5-7-9-11-13-15-17-19-20-21-22-23-24-25-26-28-30-32-34-36-41-45-49-56(63)66-52(46-42-38-35-33-31-29-27-18-16-14-12-10-8-6-4-2)47-43-39-37-40-44-48-54(61)58-50-55(62)59-53(51-60)57(64)65/h5,7,11,13,17,19,21-22,24-25,28-31,34,36,52-53,60H,3-4,6,8-10,12,14-16,18,20,23,26-27,32-33,35,37-51H2,1-2H3,(H,58,61)(H,59,62)(H,64,65)/b7-5-,13-11-,19-17-,22-21-,25-24-,30-28-,31-29-,36-34-. The maximum absolute atomic E-state index is 12.9. The van der Waals surface area contributed by atoms with Gasteiger partial charge in [0, 0.05) is 12.8 Å². The van der Waals surface area contributed by atoms with E-state index in [1.165, 1.54) is 57.8 Å². The molecule has 0 aromatic heterocycles. The van der Waals surface area contributed by atoms with Crippen molar-refractivity contribution in [3.8, 4) is 0 Å². The summed E-state index contributed by atoms with van der Waals surface area (Å²) in [5, 5.41) is 22.6. The summed E-state index contributed by atoms with van der Waals surface area (Å²) in [5.74, 6) is -2.38. The van der Waals surface area contributed by atoms with E-state index in [4.69, 9.17) is 14.9 Å². The Morgan fingerprint density at radius 3 is 1.36 bits per heavy atom. The second kappa shape index (κ2) is 50.2. The predicted octanol–water partition coefficient (Wildman–Crippen LogP) is 14.2.